The molecule has 19 nitrogen and oxygen atoms in total. The Bertz CT molecular complexity index is 2070. The zero-order valence-corrected chi connectivity index (χ0v) is 41.5. The molecular formula is C48H70N8O11S. The summed E-state index contributed by atoms with van der Waals surface area (Å²) < 4.78 is 5.68. The molecule has 0 aromatic heterocycles. The zero-order valence-electron chi connectivity index (χ0n) is 40.7. The van der Waals surface area contributed by atoms with Crippen LogP contribution in [0.15, 0.2) is 48.5 Å². The van der Waals surface area contributed by atoms with Crippen LogP contribution in [0.25, 0.3) is 11.1 Å². The van der Waals surface area contributed by atoms with Crippen molar-refractivity contribution in [2.45, 2.75) is 117 Å². The summed E-state index contributed by atoms with van der Waals surface area (Å²) in [6.45, 7) is 13.9. The normalized spacial score (nSPS) is 15.0. The average Bonchev–Trinajstić information content (AvgIpc) is 3.62. The SMILES string of the molecule is CC[C@H](C)[C@H](NC(=O)[C@@H](NC(=O)[C@@H](NC(=O)CNC(=O)CNC(=O)[C@@H](NC(=O)[C@H](CCSC)NC(=O)OCC1c2ccccc2-c2ccccc21)C(C)C)C(C)C)C(C)C)C(=O)N[C@@H](C)C(=O)O. The number of amides is 8. The predicted molar refractivity (Wildman–Crippen MR) is 258 cm³/mol. The molecule has 7 atom stereocenters. The Balaban J connectivity index is 1.54. The number of rotatable bonds is 26. The van der Waals surface area contributed by atoms with Gasteiger partial charge in [-0.2, -0.15) is 11.8 Å². The van der Waals surface area contributed by atoms with Crippen LogP contribution in [0.5, 0.6) is 0 Å². The van der Waals surface area contributed by atoms with Crippen molar-refractivity contribution in [2.75, 3.05) is 31.7 Å². The van der Waals surface area contributed by atoms with E-state index in [0.717, 1.165) is 22.3 Å². The fourth-order valence-corrected chi connectivity index (χ4v) is 7.91. The average molecular weight is 967 g/mol. The van der Waals surface area contributed by atoms with E-state index in [4.69, 9.17) is 4.74 Å². The number of alkyl carbamates (subject to hydrolysis) is 1. The van der Waals surface area contributed by atoms with Crippen LogP contribution in [0.3, 0.4) is 0 Å². The van der Waals surface area contributed by atoms with Gasteiger partial charge in [-0.25, -0.2) is 4.79 Å². The largest absolute Gasteiger partial charge is 0.480 e. The van der Waals surface area contributed by atoms with Crippen LogP contribution in [-0.2, 0) is 43.1 Å². The van der Waals surface area contributed by atoms with Gasteiger partial charge in [0.15, 0.2) is 0 Å². The maximum absolute atomic E-state index is 13.6. The van der Waals surface area contributed by atoms with Gasteiger partial charge < -0.3 is 52.4 Å². The molecule has 0 radical (unpaired) electrons. The zero-order chi connectivity index (χ0) is 50.8. The molecule has 0 spiro atoms. The Kier molecular flexibility index (Phi) is 22.3. The Morgan fingerprint density at radius 3 is 1.57 bits per heavy atom. The number of carboxylic acids is 1. The first-order valence-electron chi connectivity index (χ1n) is 23.0. The molecule has 20 heteroatoms. The molecule has 0 saturated heterocycles. The smallest absolute Gasteiger partial charge is 0.407 e. The number of carbonyl (C=O) groups excluding carboxylic acids is 8. The Hall–Kier alpha value is -6.18. The van der Waals surface area contributed by atoms with Gasteiger partial charge in [-0.1, -0.05) is 110 Å². The number of fused-ring (bicyclic) bond motifs is 3. The maximum atomic E-state index is 13.6. The molecule has 3 rings (SSSR count). The molecule has 374 valence electrons. The molecule has 1 aliphatic rings. The maximum Gasteiger partial charge on any atom is 0.407 e. The lowest BCUT2D eigenvalue weighted by Gasteiger charge is -2.30. The number of carbonyl (C=O) groups is 9. The number of ether oxygens (including phenoxy) is 1. The number of carboxylic acid groups (broad SMARTS) is 1. The van der Waals surface area contributed by atoms with Crippen LogP contribution < -0.4 is 42.5 Å². The van der Waals surface area contributed by atoms with Gasteiger partial charge in [0, 0.05) is 5.92 Å². The van der Waals surface area contributed by atoms with E-state index in [1.54, 1.807) is 55.4 Å². The quantitative estimate of drug-likeness (QED) is 0.0658. The number of hydrogen-bond acceptors (Lipinski definition) is 11. The second-order valence-electron chi connectivity index (χ2n) is 18.0. The third kappa shape index (κ3) is 16.3. The Labute approximate surface area is 403 Å². The van der Waals surface area contributed by atoms with Crippen molar-refractivity contribution in [3.05, 3.63) is 59.7 Å². The van der Waals surface area contributed by atoms with Crippen molar-refractivity contribution < 1.29 is 53.0 Å². The van der Waals surface area contributed by atoms with Gasteiger partial charge >= 0.3 is 12.1 Å². The predicted octanol–water partition coefficient (Wildman–Crippen LogP) is 2.42. The summed E-state index contributed by atoms with van der Waals surface area (Å²) in [4.78, 5) is 117. The fraction of sp³-hybridized carbons (Fsp3) is 0.562. The first-order chi connectivity index (χ1) is 32.1. The van der Waals surface area contributed by atoms with Gasteiger partial charge in [-0.15, -0.1) is 0 Å². The van der Waals surface area contributed by atoms with E-state index in [-0.39, 0.29) is 24.9 Å². The van der Waals surface area contributed by atoms with Crippen molar-refractivity contribution in [2.24, 2.45) is 23.7 Å². The van der Waals surface area contributed by atoms with E-state index in [1.165, 1.54) is 18.7 Å². The van der Waals surface area contributed by atoms with Gasteiger partial charge in [0.05, 0.1) is 13.1 Å². The van der Waals surface area contributed by atoms with E-state index < -0.39 is 121 Å². The van der Waals surface area contributed by atoms with Crippen LogP contribution in [0.4, 0.5) is 4.79 Å². The summed E-state index contributed by atoms with van der Waals surface area (Å²) in [5.41, 5.74) is 4.22. The molecule has 68 heavy (non-hydrogen) atoms. The van der Waals surface area contributed by atoms with E-state index in [2.05, 4.69) is 42.5 Å². The minimum absolute atomic E-state index is 0.0483. The topological polar surface area (TPSA) is 279 Å². The summed E-state index contributed by atoms with van der Waals surface area (Å²) in [7, 11) is 0. The van der Waals surface area contributed by atoms with Crippen molar-refractivity contribution in [1.82, 2.24) is 42.5 Å². The lowest BCUT2D eigenvalue weighted by Crippen LogP contribution is -2.61. The monoisotopic (exact) mass is 966 g/mol. The molecule has 2 aromatic carbocycles. The molecule has 0 fully saturated rings. The summed E-state index contributed by atoms with van der Waals surface area (Å²) in [5, 5.41) is 29.7. The van der Waals surface area contributed by atoms with E-state index in [9.17, 15) is 48.3 Å². The Morgan fingerprint density at radius 1 is 0.588 bits per heavy atom. The molecule has 1 aliphatic carbocycles. The van der Waals surface area contributed by atoms with Crippen molar-refractivity contribution >= 4 is 65.2 Å². The van der Waals surface area contributed by atoms with Crippen LogP contribution >= 0.6 is 11.8 Å². The highest BCUT2D eigenvalue weighted by molar-refractivity contribution is 7.98. The lowest BCUT2D eigenvalue weighted by atomic mass is 9.95. The number of aliphatic carboxylic acids is 1. The van der Waals surface area contributed by atoms with E-state index >= 15 is 0 Å². The van der Waals surface area contributed by atoms with Gasteiger partial charge in [-0.3, -0.25) is 38.4 Å². The third-order valence-corrected chi connectivity index (χ3v) is 12.4. The minimum atomic E-state index is -1.25. The second kappa shape index (κ2) is 27.0. The number of hydrogen-bond donors (Lipinski definition) is 9. The van der Waals surface area contributed by atoms with Crippen LogP contribution in [-0.4, -0.2) is 126 Å². The molecular weight excluding hydrogens is 897 g/mol. The van der Waals surface area contributed by atoms with Gasteiger partial charge in [0.25, 0.3) is 0 Å². The first kappa shape index (κ1) is 56.1. The summed E-state index contributed by atoms with van der Waals surface area (Å²) in [6, 6.07) is 9.13. The van der Waals surface area contributed by atoms with E-state index in [1.807, 2.05) is 54.8 Å². The van der Waals surface area contributed by atoms with Crippen LogP contribution in [0.2, 0.25) is 0 Å². The lowest BCUT2D eigenvalue weighted by molar-refractivity contribution is -0.142. The third-order valence-electron chi connectivity index (χ3n) is 11.7. The second-order valence-corrected chi connectivity index (χ2v) is 19.0. The Morgan fingerprint density at radius 2 is 1.06 bits per heavy atom. The molecule has 0 aliphatic heterocycles. The molecule has 0 heterocycles. The van der Waals surface area contributed by atoms with Crippen LogP contribution in [0.1, 0.15) is 92.2 Å². The highest BCUT2D eigenvalue weighted by Crippen LogP contribution is 2.44. The van der Waals surface area contributed by atoms with Gasteiger partial charge in [0.2, 0.25) is 41.4 Å². The molecule has 0 saturated carbocycles. The molecule has 0 bridgehead atoms. The van der Waals surface area contributed by atoms with Crippen molar-refractivity contribution in [3.8, 4) is 11.1 Å². The molecule has 8 amide bonds. The molecule has 2 aromatic rings. The molecule has 9 N–H and O–H groups in total. The summed E-state index contributed by atoms with van der Waals surface area (Å²) >= 11 is 1.47. The van der Waals surface area contributed by atoms with Crippen LogP contribution in [0, 0.1) is 23.7 Å². The minimum Gasteiger partial charge on any atom is -0.480 e. The van der Waals surface area contributed by atoms with Crippen molar-refractivity contribution in [3.63, 3.8) is 0 Å². The highest BCUT2D eigenvalue weighted by atomic mass is 32.2. The van der Waals surface area contributed by atoms with Gasteiger partial charge in [-0.05, 0) is 71.3 Å². The first-order valence-corrected chi connectivity index (χ1v) is 24.4. The fourth-order valence-electron chi connectivity index (χ4n) is 7.44. The number of benzene rings is 2. The van der Waals surface area contributed by atoms with Crippen molar-refractivity contribution in [1.29, 1.82) is 0 Å². The molecule has 0 unspecified atom stereocenters. The highest BCUT2D eigenvalue weighted by Gasteiger charge is 2.36. The van der Waals surface area contributed by atoms with Gasteiger partial charge in [0.1, 0.15) is 42.9 Å². The van der Waals surface area contributed by atoms with E-state index in [0.29, 0.717) is 12.2 Å². The standard InChI is InChI=1S/C48H70N8O11S/c1-11-28(8)41(46(63)51-29(9)47(64)65)56-45(62)40(27(6)7)55-44(61)39(26(4)5)53-37(58)23-49-36(57)22-50-43(60)38(25(2)3)54-42(59)35(20-21-68-10)52-48(66)67-24-34-32-18-14-12-16-30(32)31-17-13-15-19-33(31)34/h12-19,25-29,34-35,38-41H,11,20-24H2,1-10H3,(H,49,57)(H,50,60)(H,51,63)(H,52,66)(H,53,58)(H,54,59)(H,55,61)(H,56,62)(H,64,65)/t28-,29-,35-,38-,39-,40-,41-/m0/s1. The summed E-state index contributed by atoms with van der Waals surface area (Å²) in [5.74, 6) is -7.50. The number of nitrogens with one attached hydrogen (secondary N) is 8. The number of thioether (sulfide) groups is 1. The summed E-state index contributed by atoms with van der Waals surface area (Å²) in [6.07, 6.45) is 1.80.